The first-order valence-corrected chi connectivity index (χ1v) is 5.85. The van der Waals surface area contributed by atoms with E-state index in [-0.39, 0.29) is 0 Å². The molecule has 0 saturated carbocycles. The highest BCUT2D eigenvalue weighted by Gasteiger charge is 2.10. The summed E-state index contributed by atoms with van der Waals surface area (Å²) in [5, 5.41) is 0.415. The third-order valence-electron chi connectivity index (χ3n) is 2.48. The predicted octanol–water partition coefficient (Wildman–Crippen LogP) is 1.91. The first kappa shape index (κ1) is 11.9. The molecule has 0 aliphatic heterocycles. The second-order valence-electron chi connectivity index (χ2n) is 3.73. The van der Waals surface area contributed by atoms with Crippen LogP contribution in [0.25, 0.3) is 0 Å². The number of nitrogens with zero attached hydrogens (tertiary/aromatic N) is 4. The average Bonchev–Trinajstić information content (AvgIpc) is 2.73. The van der Waals surface area contributed by atoms with Crippen LogP contribution in [0.5, 0.6) is 0 Å². The molecule has 90 valence electrons. The molecule has 2 rings (SSSR count). The lowest BCUT2D eigenvalue weighted by molar-refractivity contribution is 0.644. The van der Waals surface area contributed by atoms with E-state index in [0.717, 1.165) is 18.8 Å². The van der Waals surface area contributed by atoms with E-state index < -0.39 is 0 Å². The molecule has 0 unspecified atom stereocenters. The quantitative estimate of drug-likeness (QED) is 0.901. The lowest BCUT2D eigenvalue weighted by atomic mass is 10.2. The molecule has 0 aliphatic rings. The van der Waals surface area contributed by atoms with Crippen LogP contribution < -0.4 is 5.73 Å². The first-order chi connectivity index (χ1) is 8.22. The summed E-state index contributed by atoms with van der Waals surface area (Å²) in [6, 6.07) is 0. The first-order valence-electron chi connectivity index (χ1n) is 5.47. The molecule has 2 N–H and O–H groups in total. The Morgan fingerprint density at radius 2 is 2.18 bits per heavy atom. The third-order valence-corrected chi connectivity index (χ3v) is 2.89. The molecule has 2 heterocycles. The molecule has 0 atom stereocenters. The topological polar surface area (TPSA) is 69.6 Å². The number of anilines is 1. The zero-order chi connectivity index (χ0) is 12.3. The molecule has 0 aliphatic carbocycles. The molecule has 5 nitrogen and oxygen atoms in total. The second-order valence-corrected chi connectivity index (χ2v) is 4.11. The Morgan fingerprint density at radius 3 is 2.94 bits per heavy atom. The van der Waals surface area contributed by atoms with Crippen molar-refractivity contribution in [3.05, 3.63) is 35.3 Å². The number of hydrogen-bond donors (Lipinski definition) is 1. The highest BCUT2D eigenvalue weighted by Crippen LogP contribution is 2.20. The minimum Gasteiger partial charge on any atom is -0.382 e. The maximum Gasteiger partial charge on any atom is 0.145 e. The number of aryl methyl sites for hydroxylation is 1. The van der Waals surface area contributed by atoms with Gasteiger partial charge in [0.2, 0.25) is 0 Å². The Kier molecular flexibility index (Phi) is 3.58. The minimum atomic E-state index is 0.310. The van der Waals surface area contributed by atoms with Gasteiger partial charge in [-0.1, -0.05) is 18.5 Å². The van der Waals surface area contributed by atoms with Crippen LogP contribution in [0.3, 0.4) is 0 Å². The highest BCUT2D eigenvalue weighted by molar-refractivity contribution is 6.33. The third kappa shape index (κ3) is 2.55. The van der Waals surface area contributed by atoms with Gasteiger partial charge < -0.3 is 10.3 Å². The van der Waals surface area contributed by atoms with Gasteiger partial charge in [-0.2, -0.15) is 0 Å². The Hall–Kier alpha value is -1.62. The van der Waals surface area contributed by atoms with Gasteiger partial charge in [-0.15, -0.1) is 0 Å². The normalized spacial score (nSPS) is 10.7. The van der Waals surface area contributed by atoms with Crippen molar-refractivity contribution in [1.82, 2.24) is 19.5 Å². The van der Waals surface area contributed by atoms with Crippen LogP contribution in [0.1, 0.15) is 24.9 Å². The largest absolute Gasteiger partial charge is 0.382 e. The summed E-state index contributed by atoms with van der Waals surface area (Å²) in [6.07, 6.45) is 6.78. The van der Waals surface area contributed by atoms with Crippen molar-refractivity contribution in [3.8, 4) is 0 Å². The van der Waals surface area contributed by atoms with Crippen LogP contribution in [-0.2, 0) is 13.0 Å². The van der Waals surface area contributed by atoms with Gasteiger partial charge in [0.05, 0.1) is 5.69 Å². The molecule has 6 heteroatoms. The predicted molar refractivity (Wildman–Crippen MR) is 66.8 cm³/mol. The van der Waals surface area contributed by atoms with Gasteiger partial charge in [0.25, 0.3) is 0 Å². The van der Waals surface area contributed by atoms with E-state index in [1.165, 1.54) is 6.33 Å². The van der Waals surface area contributed by atoms with Crippen molar-refractivity contribution >= 4 is 17.4 Å². The Morgan fingerprint density at radius 1 is 1.35 bits per heavy atom. The smallest absolute Gasteiger partial charge is 0.145 e. The molecule has 2 aromatic rings. The van der Waals surface area contributed by atoms with Gasteiger partial charge in [0, 0.05) is 25.4 Å². The van der Waals surface area contributed by atoms with E-state index in [1.807, 2.05) is 6.20 Å². The summed E-state index contributed by atoms with van der Waals surface area (Å²) >= 11 is 6.05. The zero-order valence-electron chi connectivity index (χ0n) is 9.60. The minimum absolute atomic E-state index is 0.310. The lowest BCUT2D eigenvalue weighted by Gasteiger charge is -2.07. The summed E-state index contributed by atoms with van der Waals surface area (Å²) in [4.78, 5) is 12.3. The van der Waals surface area contributed by atoms with Crippen LogP contribution in [0.4, 0.5) is 5.82 Å². The molecule has 0 fully saturated rings. The highest BCUT2D eigenvalue weighted by atomic mass is 35.5. The average molecular weight is 252 g/mol. The van der Waals surface area contributed by atoms with Crippen LogP contribution in [0.15, 0.2) is 18.7 Å². The molecule has 0 saturated heterocycles. The van der Waals surface area contributed by atoms with Crippen molar-refractivity contribution in [2.75, 3.05) is 5.73 Å². The van der Waals surface area contributed by atoms with E-state index in [4.69, 9.17) is 17.3 Å². The summed E-state index contributed by atoms with van der Waals surface area (Å²) in [6.45, 7) is 3.06. The Balaban J connectivity index is 2.25. The van der Waals surface area contributed by atoms with E-state index in [1.54, 1.807) is 6.20 Å². The molecular weight excluding hydrogens is 238 g/mol. The number of hydrogen-bond acceptors (Lipinski definition) is 4. The van der Waals surface area contributed by atoms with E-state index in [0.29, 0.717) is 23.0 Å². The monoisotopic (exact) mass is 251 g/mol. The molecule has 0 aromatic carbocycles. The summed E-state index contributed by atoms with van der Waals surface area (Å²) < 4.78 is 2.09. The molecule has 17 heavy (non-hydrogen) atoms. The Labute approximate surface area is 105 Å². The van der Waals surface area contributed by atoms with Gasteiger partial charge in [-0.3, -0.25) is 0 Å². The van der Waals surface area contributed by atoms with Gasteiger partial charge in [0.1, 0.15) is 23.0 Å². The van der Waals surface area contributed by atoms with Gasteiger partial charge in [-0.25, -0.2) is 15.0 Å². The van der Waals surface area contributed by atoms with E-state index >= 15 is 0 Å². The van der Waals surface area contributed by atoms with E-state index in [9.17, 15) is 0 Å². The van der Waals surface area contributed by atoms with Gasteiger partial charge in [0.15, 0.2) is 0 Å². The lowest BCUT2D eigenvalue weighted by Crippen LogP contribution is -2.06. The van der Waals surface area contributed by atoms with Gasteiger partial charge >= 0.3 is 0 Å². The van der Waals surface area contributed by atoms with E-state index in [2.05, 4.69) is 26.4 Å². The van der Waals surface area contributed by atoms with Crippen LogP contribution in [0.2, 0.25) is 5.02 Å². The maximum atomic E-state index is 6.05. The fourth-order valence-electron chi connectivity index (χ4n) is 1.65. The van der Waals surface area contributed by atoms with Crippen LogP contribution in [0, 0.1) is 0 Å². The second kappa shape index (κ2) is 5.14. The number of nitrogens with two attached hydrogens (primary N) is 1. The zero-order valence-corrected chi connectivity index (χ0v) is 10.4. The van der Waals surface area contributed by atoms with Crippen molar-refractivity contribution in [2.24, 2.45) is 0 Å². The van der Waals surface area contributed by atoms with Crippen molar-refractivity contribution in [3.63, 3.8) is 0 Å². The van der Waals surface area contributed by atoms with Crippen molar-refractivity contribution < 1.29 is 0 Å². The SMILES string of the molecule is CCCn1ccnc1Cc1ncnc(N)c1Cl. The standard InChI is InChI=1S/C11H14ClN5/c1-2-4-17-5-3-14-9(17)6-8-10(12)11(13)16-7-15-8/h3,5,7H,2,4,6H2,1H3,(H2,13,15,16). The summed E-state index contributed by atoms with van der Waals surface area (Å²) in [5.41, 5.74) is 6.35. The fraction of sp³-hybridized carbons (Fsp3) is 0.364. The molecule has 2 aromatic heterocycles. The van der Waals surface area contributed by atoms with Gasteiger partial charge in [-0.05, 0) is 6.42 Å². The molecule has 0 radical (unpaired) electrons. The number of nitrogen functional groups attached to an aromatic ring is 1. The molecule has 0 amide bonds. The maximum absolute atomic E-state index is 6.05. The number of halogens is 1. The summed E-state index contributed by atoms with van der Waals surface area (Å²) in [7, 11) is 0. The summed E-state index contributed by atoms with van der Waals surface area (Å²) in [5.74, 6) is 1.25. The number of rotatable bonds is 4. The van der Waals surface area contributed by atoms with Crippen molar-refractivity contribution in [2.45, 2.75) is 26.3 Å². The molecule has 0 bridgehead atoms. The number of imidazole rings is 1. The van der Waals surface area contributed by atoms with Crippen LogP contribution in [-0.4, -0.2) is 19.5 Å². The molecular formula is C11H14ClN5. The molecule has 0 spiro atoms. The Bertz CT molecular complexity index is 508. The number of aromatic nitrogens is 4. The van der Waals surface area contributed by atoms with Crippen LogP contribution >= 0.6 is 11.6 Å². The van der Waals surface area contributed by atoms with Crippen molar-refractivity contribution in [1.29, 1.82) is 0 Å². The fourth-order valence-corrected chi connectivity index (χ4v) is 1.81.